The van der Waals surface area contributed by atoms with Gasteiger partial charge in [-0.25, -0.2) is 9.18 Å². The Balaban J connectivity index is 3.86. The molecular weight excluding hydrogens is 300 g/mol. The number of alkyl carbamates (subject to hydrolysis) is 1. The van der Waals surface area contributed by atoms with Crippen molar-refractivity contribution in [2.75, 3.05) is 11.0 Å². The molecule has 0 saturated carbocycles. The second-order valence-electron chi connectivity index (χ2n) is 3.76. The van der Waals surface area contributed by atoms with Crippen molar-refractivity contribution < 1.29 is 13.9 Å². The van der Waals surface area contributed by atoms with Gasteiger partial charge in [0.25, 0.3) is 0 Å². The Kier molecular flexibility index (Phi) is 6.06. The molecule has 82 valence electrons. The molecule has 0 spiro atoms. The molecule has 5 heteroatoms. The van der Waals surface area contributed by atoms with Crippen molar-refractivity contribution in [3.05, 3.63) is 11.9 Å². The number of rotatable bonds is 3. The van der Waals surface area contributed by atoms with Gasteiger partial charge in [0.1, 0.15) is 5.60 Å². The fourth-order valence-electron chi connectivity index (χ4n) is 0.615. The lowest BCUT2D eigenvalue weighted by Gasteiger charge is -2.19. The number of halogens is 2. The molecule has 0 aromatic rings. The first-order chi connectivity index (χ1) is 6.39. The third kappa shape index (κ3) is 7.11. The maximum atomic E-state index is 12.1. The van der Waals surface area contributed by atoms with E-state index < -0.39 is 11.7 Å². The third-order valence-corrected chi connectivity index (χ3v) is 2.16. The average molecular weight is 315 g/mol. The van der Waals surface area contributed by atoms with Gasteiger partial charge in [-0.05, 0) is 26.3 Å². The lowest BCUT2D eigenvalue weighted by atomic mass is 10.2. The first-order valence-electron chi connectivity index (χ1n) is 4.20. The Hall–Kier alpha value is -0.330. The molecule has 0 aliphatic carbocycles. The Morgan fingerprint density at radius 1 is 1.57 bits per heavy atom. The van der Waals surface area contributed by atoms with Gasteiger partial charge in [-0.3, -0.25) is 0 Å². The van der Waals surface area contributed by atoms with Gasteiger partial charge in [0.15, 0.2) is 0 Å². The first-order valence-corrected chi connectivity index (χ1v) is 5.72. The van der Waals surface area contributed by atoms with Crippen LogP contribution in [0.5, 0.6) is 0 Å². The van der Waals surface area contributed by atoms with Crippen molar-refractivity contribution in [2.45, 2.75) is 26.4 Å². The number of nitrogens with one attached hydrogen (secondary N) is 1. The van der Waals surface area contributed by atoms with Gasteiger partial charge in [-0.1, -0.05) is 22.6 Å². The predicted octanol–water partition coefficient (Wildman–Crippen LogP) is 2.80. The van der Waals surface area contributed by atoms with Crippen LogP contribution in [0.25, 0.3) is 0 Å². The second kappa shape index (κ2) is 6.21. The molecule has 0 saturated heterocycles. The zero-order valence-electron chi connectivity index (χ0n) is 8.56. The highest BCUT2D eigenvalue weighted by molar-refractivity contribution is 14.1. The minimum absolute atomic E-state index is 0.189. The van der Waals surface area contributed by atoms with Crippen LogP contribution in [0, 0.1) is 0 Å². The smallest absolute Gasteiger partial charge is 0.407 e. The molecule has 0 fully saturated rings. The minimum Gasteiger partial charge on any atom is -0.444 e. The SMILES string of the molecule is CC(C)(C)OC(=O)NC/C(=C\F)CI. The summed E-state index contributed by atoms with van der Waals surface area (Å²) in [5.74, 6) is 0. The quantitative estimate of drug-likeness (QED) is 0.642. The molecule has 0 aromatic carbocycles. The van der Waals surface area contributed by atoms with Gasteiger partial charge in [0.2, 0.25) is 0 Å². The first kappa shape index (κ1) is 13.7. The lowest BCUT2D eigenvalue weighted by Crippen LogP contribution is -2.33. The number of carbonyl (C=O) groups excluding carboxylic acids is 1. The molecule has 0 aliphatic rings. The predicted molar refractivity (Wildman–Crippen MR) is 62.3 cm³/mol. The van der Waals surface area contributed by atoms with Crippen LogP contribution >= 0.6 is 22.6 Å². The van der Waals surface area contributed by atoms with Crippen molar-refractivity contribution in [3.8, 4) is 0 Å². The minimum atomic E-state index is -0.526. The van der Waals surface area contributed by atoms with E-state index in [1.54, 1.807) is 20.8 Å². The van der Waals surface area contributed by atoms with Gasteiger partial charge >= 0.3 is 6.09 Å². The molecule has 0 atom stereocenters. The fourth-order valence-corrected chi connectivity index (χ4v) is 1.05. The van der Waals surface area contributed by atoms with E-state index in [9.17, 15) is 9.18 Å². The molecule has 14 heavy (non-hydrogen) atoms. The van der Waals surface area contributed by atoms with Crippen LogP contribution in [0.2, 0.25) is 0 Å². The van der Waals surface area contributed by atoms with E-state index in [2.05, 4.69) is 5.32 Å². The summed E-state index contributed by atoms with van der Waals surface area (Å²) >= 11 is 2.02. The fraction of sp³-hybridized carbons (Fsp3) is 0.667. The van der Waals surface area contributed by atoms with Crippen molar-refractivity contribution in [1.82, 2.24) is 5.32 Å². The van der Waals surface area contributed by atoms with Crippen LogP contribution in [0.4, 0.5) is 9.18 Å². The van der Waals surface area contributed by atoms with E-state index in [1.807, 2.05) is 22.6 Å². The van der Waals surface area contributed by atoms with E-state index in [1.165, 1.54) is 0 Å². The number of alkyl halides is 1. The van der Waals surface area contributed by atoms with E-state index in [0.717, 1.165) is 0 Å². The zero-order valence-corrected chi connectivity index (χ0v) is 10.7. The second-order valence-corrected chi connectivity index (χ2v) is 4.52. The molecule has 0 heterocycles. The van der Waals surface area contributed by atoms with E-state index in [-0.39, 0.29) is 6.54 Å². The van der Waals surface area contributed by atoms with Crippen molar-refractivity contribution >= 4 is 28.7 Å². The Morgan fingerprint density at radius 3 is 2.50 bits per heavy atom. The van der Waals surface area contributed by atoms with Gasteiger partial charge in [-0.15, -0.1) is 0 Å². The van der Waals surface area contributed by atoms with E-state index in [4.69, 9.17) is 4.74 Å². The van der Waals surface area contributed by atoms with Crippen LogP contribution in [0.3, 0.4) is 0 Å². The standard InChI is InChI=1S/C9H15FINO2/c1-9(2,3)14-8(13)12-6-7(4-10)5-11/h4H,5-6H2,1-3H3,(H,12,13)/b7-4-. The Bertz CT molecular complexity index is 223. The number of hydrogen-bond acceptors (Lipinski definition) is 2. The van der Waals surface area contributed by atoms with Gasteiger partial charge in [0.05, 0.1) is 6.33 Å². The van der Waals surface area contributed by atoms with E-state index >= 15 is 0 Å². The van der Waals surface area contributed by atoms with Crippen LogP contribution in [-0.4, -0.2) is 22.7 Å². The summed E-state index contributed by atoms with van der Waals surface area (Å²) in [4.78, 5) is 11.1. The summed E-state index contributed by atoms with van der Waals surface area (Å²) < 4.78 is 17.6. The zero-order chi connectivity index (χ0) is 11.2. The van der Waals surface area contributed by atoms with E-state index in [0.29, 0.717) is 16.3 Å². The summed E-state index contributed by atoms with van der Waals surface area (Å²) in [5.41, 5.74) is 0.00466. The topological polar surface area (TPSA) is 38.3 Å². The van der Waals surface area contributed by atoms with Crippen molar-refractivity contribution in [1.29, 1.82) is 0 Å². The molecule has 0 rings (SSSR count). The summed E-state index contributed by atoms with van der Waals surface area (Å²) in [6, 6.07) is 0. The summed E-state index contributed by atoms with van der Waals surface area (Å²) in [6.45, 7) is 5.51. The maximum Gasteiger partial charge on any atom is 0.407 e. The van der Waals surface area contributed by atoms with Crippen LogP contribution in [0.1, 0.15) is 20.8 Å². The molecule has 1 N–H and O–H groups in total. The summed E-state index contributed by atoms with van der Waals surface area (Å²) in [7, 11) is 0. The normalized spacial score (nSPS) is 12.5. The number of hydrogen-bond donors (Lipinski definition) is 1. The van der Waals surface area contributed by atoms with Gasteiger partial charge < -0.3 is 10.1 Å². The molecule has 0 unspecified atom stereocenters. The molecular formula is C9H15FINO2. The number of amides is 1. The number of ether oxygens (including phenoxy) is 1. The van der Waals surface area contributed by atoms with Crippen molar-refractivity contribution in [2.24, 2.45) is 0 Å². The summed E-state index contributed by atoms with van der Waals surface area (Å²) in [6.07, 6.45) is -0.0224. The average Bonchev–Trinajstić information content (AvgIpc) is 2.03. The highest BCUT2D eigenvalue weighted by atomic mass is 127. The van der Waals surface area contributed by atoms with Crippen molar-refractivity contribution in [3.63, 3.8) is 0 Å². The molecule has 0 radical (unpaired) electrons. The Morgan fingerprint density at radius 2 is 2.14 bits per heavy atom. The molecule has 0 bridgehead atoms. The molecule has 0 aromatic heterocycles. The number of carbonyl (C=O) groups is 1. The van der Waals surface area contributed by atoms with Gasteiger partial charge in [0, 0.05) is 11.0 Å². The third-order valence-electron chi connectivity index (χ3n) is 1.18. The molecule has 3 nitrogen and oxygen atoms in total. The largest absolute Gasteiger partial charge is 0.444 e. The van der Waals surface area contributed by atoms with Crippen LogP contribution in [-0.2, 0) is 4.74 Å². The molecule has 1 amide bonds. The maximum absolute atomic E-state index is 12.1. The summed E-state index contributed by atoms with van der Waals surface area (Å²) in [5, 5.41) is 2.47. The lowest BCUT2D eigenvalue weighted by molar-refractivity contribution is 0.0532. The van der Waals surface area contributed by atoms with Gasteiger partial charge in [-0.2, -0.15) is 0 Å². The molecule has 0 aliphatic heterocycles. The highest BCUT2D eigenvalue weighted by Gasteiger charge is 2.15. The highest BCUT2D eigenvalue weighted by Crippen LogP contribution is 2.06. The Labute approximate surface area is 97.2 Å². The van der Waals surface area contributed by atoms with Crippen LogP contribution in [0.15, 0.2) is 11.9 Å². The monoisotopic (exact) mass is 315 g/mol. The van der Waals surface area contributed by atoms with Crippen LogP contribution < -0.4 is 5.32 Å².